The molecule has 6 heteroatoms. The van der Waals surface area contributed by atoms with Crippen molar-refractivity contribution in [3.05, 3.63) is 29.8 Å². The van der Waals surface area contributed by atoms with Gasteiger partial charge in [0.15, 0.2) is 4.34 Å². The highest BCUT2D eigenvalue weighted by Gasteiger charge is 2.15. The molecule has 19 heavy (non-hydrogen) atoms. The Morgan fingerprint density at radius 3 is 3.05 bits per heavy atom. The maximum atomic E-state index is 5.58. The standard InChI is InChI=1S/C13H16N4S2/c14-12-15-16-13(19-12)18-9-8-17-7-3-5-10-4-1-2-6-11(10)17/h1-2,4,6H,3,5,7-9H2,(H2,14,15). The van der Waals surface area contributed by atoms with Gasteiger partial charge in [-0.15, -0.1) is 10.2 Å². The van der Waals surface area contributed by atoms with E-state index in [1.54, 1.807) is 11.8 Å². The lowest BCUT2D eigenvalue weighted by Crippen LogP contribution is -2.31. The molecule has 1 aliphatic heterocycles. The largest absolute Gasteiger partial charge is 0.374 e. The first-order chi connectivity index (χ1) is 9.33. The summed E-state index contributed by atoms with van der Waals surface area (Å²) in [6.07, 6.45) is 2.44. The Bertz CT molecular complexity index is 555. The van der Waals surface area contributed by atoms with E-state index in [1.165, 1.54) is 35.4 Å². The number of nitrogens with two attached hydrogens (primary N) is 1. The summed E-state index contributed by atoms with van der Waals surface area (Å²) in [7, 11) is 0. The Balaban J connectivity index is 1.59. The van der Waals surface area contributed by atoms with Crippen LogP contribution >= 0.6 is 23.1 Å². The van der Waals surface area contributed by atoms with Crippen molar-refractivity contribution in [2.45, 2.75) is 17.2 Å². The van der Waals surface area contributed by atoms with Crippen LogP contribution in [0.1, 0.15) is 12.0 Å². The van der Waals surface area contributed by atoms with Gasteiger partial charge in [0.2, 0.25) is 5.13 Å². The molecule has 0 amide bonds. The Labute approximate surface area is 121 Å². The number of hydrogen-bond acceptors (Lipinski definition) is 6. The number of aromatic nitrogens is 2. The zero-order chi connectivity index (χ0) is 13.1. The van der Waals surface area contributed by atoms with Crippen LogP contribution in [0.2, 0.25) is 0 Å². The van der Waals surface area contributed by atoms with E-state index >= 15 is 0 Å². The first kappa shape index (κ1) is 12.7. The molecule has 4 nitrogen and oxygen atoms in total. The zero-order valence-electron chi connectivity index (χ0n) is 10.6. The third kappa shape index (κ3) is 3.01. The van der Waals surface area contributed by atoms with Crippen molar-refractivity contribution in [1.29, 1.82) is 0 Å². The number of fused-ring (bicyclic) bond motifs is 1. The van der Waals surface area contributed by atoms with Gasteiger partial charge in [-0.3, -0.25) is 0 Å². The highest BCUT2D eigenvalue weighted by atomic mass is 32.2. The highest BCUT2D eigenvalue weighted by Crippen LogP contribution is 2.28. The SMILES string of the molecule is Nc1nnc(SCCN2CCCc3ccccc32)s1. The van der Waals surface area contributed by atoms with Crippen molar-refractivity contribution in [3.63, 3.8) is 0 Å². The van der Waals surface area contributed by atoms with Gasteiger partial charge in [0.05, 0.1) is 0 Å². The molecule has 100 valence electrons. The molecule has 0 saturated carbocycles. The highest BCUT2D eigenvalue weighted by molar-refractivity contribution is 8.01. The Kier molecular flexibility index (Phi) is 3.89. The fraction of sp³-hybridized carbons (Fsp3) is 0.385. The number of nitrogen functional groups attached to an aromatic ring is 1. The van der Waals surface area contributed by atoms with E-state index in [4.69, 9.17) is 5.73 Å². The summed E-state index contributed by atoms with van der Waals surface area (Å²) >= 11 is 3.19. The average Bonchev–Trinajstić information content (AvgIpc) is 2.85. The van der Waals surface area contributed by atoms with Gasteiger partial charge < -0.3 is 10.6 Å². The molecule has 1 aromatic carbocycles. The number of thioether (sulfide) groups is 1. The lowest BCUT2D eigenvalue weighted by atomic mass is 10.0. The maximum Gasteiger partial charge on any atom is 0.203 e. The molecule has 0 atom stereocenters. The number of nitrogens with zero attached hydrogens (tertiary/aromatic N) is 3. The molecule has 0 bridgehead atoms. The molecular formula is C13H16N4S2. The molecule has 0 fully saturated rings. The fourth-order valence-electron chi connectivity index (χ4n) is 2.37. The number of hydrogen-bond donors (Lipinski definition) is 1. The third-order valence-corrected chi connectivity index (χ3v) is 5.08. The van der Waals surface area contributed by atoms with Gasteiger partial charge in [0, 0.05) is 24.5 Å². The maximum absolute atomic E-state index is 5.58. The van der Waals surface area contributed by atoms with Crippen LogP contribution in [-0.4, -0.2) is 29.0 Å². The van der Waals surface area contributed by atoms with Crippen molar-refractivity contribution < 1.29 is 0 Å². The van der Waals surface area contributed by atoms with Crippen LogP contribution in [-0.2, 0) is 6.42 Å². The van der Waals surface area contributed by atoms with Crippen molar-refractivity contribution >= 4 is 33.9 Å². The monoisotopic (exact) mass is 292 g/mol. The van der Waals surface area contributed by atoms with Gasteiger partial charge in [0.25, 0.3) is 0 Å². The second-order valence-corrected chi connectivity index (χ2v) is 6.83. The number of anilines is 2. The van der Waals surface area contributed by atoms with Crippen molar-refractivity contribution in [1.82, 2.24) is 10.2 Å². The van der Waals surface area contributed by atoms with Crippen molar-refractivity contribution in [2.24, 2.45) is 0 Å². The van der Waals surface area contributed by atoms with Crippen LogP contribution in [0.3, 0.4) is 0 Å². The summed E-state index contributed by atoms with van der Waals surface area (Å²) in [5.74, 6) is 1.02. The minimum atomic E-state index is 0.547. The van der Waals surface area contributed by atoms with Gasteiger partial charge in [-0.25, -0.2) is 0 Å². The number of para-hydroxylation sites is 1. The quantitative estimate of drug-likeness (QED) is 0.878. The molecule has 0 aliphatic carbocycles. The fourth-order valence-corrected chi connectivity index (χ4v) is 4.03. The summed E-state index contributed by atoms with van der Waals surface area (Å²) in [4.78, 5) is 2.47. The van der Waals surface area contributed by atoms with Gasteiger partial charge in [-0.1, -0.05) is 41.3 Å². The second-order valence-electron chi connectivity index (χ2n) is 4.47. The van der Waals surface area contributed by atoms with Crippen LogP contribution < -0.4 is 10.6 Å². The summed E-state index contributed by atoms with van der Waals surface area (Å²) in [6, 6.07) is 8.71. The van der Waals surface area contributed by atoms with Crippen LogP contribution in [0.15, 0.2) is 28.6 Å². The molecule has 2 aromatic rings. The molecule has 3 rings (SSSR count). The average molecular weight is 292 g/mol. The lowest BCUT2D eigenvalue weighted by molar-refractivity contribution is 0.710. The van der Waals surface area contributed by atoms with E-state index in [0.29, 0.717) is 5.13 Å². The van der Waals surface area contributed by atoms with Gasteiger partial charge in [-0.2, -0.15) is 0 Å². The zero-order valence-corrected chi connectivity index (χ0v) is 12.2. The van der Waals surface area contributed by atoms with Crippen LogP contribution in [0.25, 0.3) is 0 Å². The first-order valence-corrected chi connectivity index (χ1v) is 8.18. The second kappa shape index (κ2) is 5.79. The Morgan fingerprint density at radius 2 is 2.21 bits per heavy atom. The molecule has 2 heterocycles. The van der Waals surface area contributed by atoms with E-state index in [9.17, 15) is 0 Å². The molecule has 1 aromatic heterocycles. The van der Waals surface area contributed by atoms with Crippen LogP contribution in [0.4, 0.5) is 10.8 Å². The smallest absolute Gasteiger partial charge is 0.203 e. The molecule has 0 radical (unpaired) electrons. The molecular weight excluding hydrogens is 276 g/mol. The van der Waals surface area contributed by atoms with E-state index < -0.39 is 0 Å². The number of rotatable bonds is 4. The van der Waals surface area contributed by atoms with E-state index in [0.717, 1.165) is 23.2 Å². The topological polar surface area (TPSA) is 55.0 Å². The van der Waals surface area contributed by atoms with Gasteiger partial charge in [0.1, 0.15) is 0 Å². The predicted octanol–water partition coefficient (Wildman–Crippen LogP) is 2.67. The molecule has 1 aliphatic rings. The van der Waals surface area contributed by atoms with Crippen LogP contribution in [0.5, 0.6) is 0 Å². The Morgan fingerprint density at radius 1 is 1.32 bits per heavy atom. The summed E-state index contributed by atoms with van der Waals surface area (Å²) < 4.78 is 0.961. The predicted molar refractivity (Wildman–Crippen MR) is 82.0 cm³/mol. The first-order valence-electron chi connectivity index (χ1n) is 6.37. The minimum absolute atomic E-state index is 0.547. The minimum Gasteiger partial charge on any atom is -0.374 e. The molecule has 0 saturated heterocycles. The van der Waals surface area contributed by atoms with E-state index in [1.807, 2.05) is 0 Å². The normalized spacial score (nSPS) is 14.4. The summed E-state index contributed by atoms with van der Waals surface area (Å²) in [6.45, 7) is 2.19. The van der Waals surface area contributed by atoms with Crippen LogP contribution in [0, 0.1) is 0 Å². The summed E-state index contributed by atoms with van der Waals surface area (Å²) in [5.41, 5.74) is 8.44. The lowest BCUT2D eigenvalue weighted by Gasteiger charge is -2.31. The molecule has 0 unspecified atom stereocenters. The van der Waals surface area contributed by atoms with E-state index in [2.05, 4.69) is 39.4 Å². The third-order valence-electron chi connectivity index (χ3n) is 3.22. The Hall–Kier alpha value is -1.27. The van der Waals surface area contributed by atoms with Gasteiger partial charge in [-0.05, 0) is 24.5 Å². The summed E-state index contributed by atoms with van der Waals surface area (Å²) in [5, 5.41) is 8.41. The van der Waals surface area contributed by atoms with E-state index in [-0.39, 0.29) is 0 Å². The molecule has 0 spiro atoms. The van der Waals surface area contributed by atoms with Crippen molar-refractivity contribution in [3.8, 4) is 0 Å². The number of aryl methyl sites for hydroxylation is 1. The number of benzene rings is 1. The van der Waals surface area contributed by atoms with Crippen molar-refractivity contribution in [2.75, 3.05) is 29.5 Å². The van der Waals surface area contributed by atoms with Gasteiger partial charge >= 0.3 is 0 Å². The molecule has 2 N–H and O–H groups in total.